The first-order valence-corrected chi connectivity index (χ1v) is 6.76. The summed E-state index contributed by atoms with van der Waals surface area (Å²) < 4.78 is 0.952. The van der Waals surface area contributed by atoms with E-state index in [2.05, 4.69) is 31.2 Å². The number of benzene rings is 1. The van der Waals surface area contributed by atoms with E-state index < -0.39 is 0 Å². The molecular weight excluding hydrogens is 302 g/mol. The zero-order valence-corrected chi connectivity index (χ0v) is 12.0. The minimum Gasteiger partial charge on any atom is -0.339 e. The number of rotatable bonds is 2. The Bertz CT molecular complexity index is 735. The third kappa shape index (κ3) is 2.44. The quantitative estimate of drug-likeness (QED) is 0.759. The lowest BCUT2D eigenvalue weighted by atomic mass is 10.2. The van der Waals surface area contributed by atoms with E-state index in [1.54, 1.807) is 6.20 Å². The molecule has 0 aliphatic rings. The number of hydrogen-bond donors (Lipinski definition) is 1. The summed E-state index contributed by atoms with van der Waals surface area (Å²) in [6, 6.07) is 12.0. The monoisotopic (exact) mass is 313 g/mol. The summed E-state index contributed by atoms with van der Waals surface area (Å²) in [6.07, 6.45) is 3.64. The van der Waals surface area contributed by atoms with Gasteiger partial charge in [0.05, 0.1) is 9.99 Å². The summed E-state index contributed by atoms with van der Waals surface area (Å²) in [7, 11) is 0. The van der Waals surface area contributed by atoms with E-state index in [4.69, 9.17) is 0 Å². The Kier molecular flexibility index (Phi) is 3.17. The topological polar surface area (TPSA) is 37.8 Å². The molecule has 0 amide bonds. The predicted molar refractivity (Wildman–Crippen MR) is 81.7 cm³/mol. The fourth-order valence-electron chi connectivity index (χ4n) is 1.97. The Balaban J connectivity index is 2.06. The molecule has 0 saturated heterocycles. The lowest BCUT2D eigenvalue weighted by Crippen LogP contribution is -1.96. The predicted octanol–water partition coefficient (Wildman–Crippen LogP) is 4.44. The molecule has 3 aromatic rings. The first-order valence-electron chi connectivity index (χ1n) is 5.97. The van der Waals surface area contributed by atoms with Gasteiger partial charge in [0.15, 0.2) is 0 Å². The maximum absolute atomic E-state index is 4.40. The number of halogens is 1. The van der Waals surface area contributed by atoms with E-state index >= 15 is 0 Å². The van der Waals surface area contributed by atoms with Crippen LogP contribution in [-0.4, -0.2) is 9.97 Å². The largest absolute Gasteiger partial charge is 0.339 e. The van der Waals surface area contributed by atoms with Crippen molar-refractivity contribution in [1.82, 2.24) is 9.97 Å². The van der Waals surface area contributed by atoms with Crippen LogP contribution in [0.5, 0.6) is 0 Å². The molecule has 3 nitrogen and oxygen atoms in total. The van der Waals surface area contributed by atoms with E-state index in [1.165, 1.54) is 0 Å². The first kappa shape index (κ1) is 12.1. The number of aryl methyl sites for hydroxylation is 1. The number of aromatic nitrogens is 2. The van der Waals surface area contributed by atoms with Crippen LogP contribution >= 0.6 is 15.9 Å². The summed E-state index contributed by atoms with van der Waals surface area (Å²) in [5, 5.41) is 4.43. The Morgan fingerprint density at radius 1 is 1.11 bits per heavy atom. The minimum atomic E-state index is 0.807. The molecule has 0 aliphatic carbocycles. The number of nitrogens with zero attached hydrogens (tertiary/aromatic N) is 2. The molecule has 0 saturated carbocycles. The van der Waals surface area contributed by atoms with E-state index in [0.717, 1.165) is 32.4 Å². The van der Waals surface area contributed by atoms with Crippen molar-refractivity contribution in [3.8, 4) is 0 Å². The molecule has 2 heterocycles. The molecule has 4 heteroatoms. The Labute approximate surface area is 119 Å². The maximum atomic E-state index is 4.40. The maximum Gasteiger partial charge on any atom is 0.144 e. The molecule has 0 radical (unpaired) electrons. The van der Waals surface area contributed by atoms with Crippen LogP contribution in [0.15, 0.2) is 53.3 Å². The molecular formula is C15H12BrN3. The van der Waals surface area contributed by atoms with Gasteiger partial charge in [-0.1, -0.05) is 6.07 Å². The molecule has 0 bridgehead atoms. The van der Waals surface area contributed by atoms with Crippen molar-refractivity contribution in [2.45, 2.75) is 6.92 Å². The van der Waals surface area contributed by atoms with Crippen LogP contribution in [0.2, 0.25) is 0 Å². The lowest BCUT2D eigenvalue weighted by molar-refractivity contribution is 1.24. The van der Waals surface area contributed by atoms with Gasteiger partial charge in [-0.3, -0.25) is 4.98 Å². The number of fused-ring (bicyclic) bond motifs is 1. The highest BCUT2D eigenvalue weighted by molar-refractivity contribution is 9.10. The summed E-state index contributed by atoms with van der Waals surface area (Å²) in [4.78, 5) is 8.75. The zero-order valence-electron chi connectivity index (χ0n) is 10.4. The fraction of sp³-hybridized carbons (Fsp3) is 0.0667. The van der Waals surface area contributed by atoms with Gasteiger partial charge in [0.2, 0.25) is 0 Å². The third-order valence-electron chi connectivity index (χ3n) is 2.88. The molecule has 1 aromatic carbocycles. The standard InChI is InChI=1S/C15H12BrN3/c1-10-8-12(16)15(18-9-10)19-14-6-2-5-13-11(14)4-3-7-17-13/h2-9H,1H3,(H,18,19). The normalized spacial score (nSPS) is 10.6. The second kappa shape index (κ2) is 4.97. The average molecular weight is 314 g/mol. The van der Waals surface area contributed by atoms with Gasteiger partial charge < -0.3 is 5.32 Å². The highest BCUT2D eigenvalue weighted by Gasteiger charge is 2.05. The van der Waals surface area contributed by atoms with Gasteiger partial charge >= 0.3 is 0 Å². The minimum absolute atomic E-state index is 0.807. The van der Waals surface area contributed by atoms with Crippen molar-refractivity contribution in [2.24, 2.45) is 0 Å². The fourth-order valence-corrected chi connectivity index (χ4v) is 2.53. The van der Waals surface area contributed by atoms with E-state index in [-0.39, 0.29) is 0 Å². The number of nitrogens with one attached hydrogen (secondary N) is 1. The highest BCUT2D eigenvalue weighted by Crippen LogP contribution is 2.28. The molecule has 19 heavy (non-hydrogen) atoms. The first-order chi connectivity index (χ1) is 9.24. The van der Waals surface area contributed by atoms with Crippen LogP contribution in [0, 0.1) is 6.92 Å². The molecule has 0 atom stereocenters. The molecule has 3 rings (SSSR count). The Morgan fingerprint density at radius 3 is 2.84 bits per heavy atom. The Hall–Kier alpha value is -1.94. The number of anilines is 2. The summed E-state index contributed by atoms with van der Waals surface area (Å²) >= 11 is 3.53. The van der Waals surface area contributed by atoms with Gasteiger partial charge in [-0.15, -0.1) is 0 Å². The van der Waals surface area contributed by atoms with Crippen molar-refractivity contribution in [2.75, 3.05) is 5.32 Å². The van der Waals surface area contributed by atoms with Gasteiger partial charge in [-0.05, 0) is 58.7 Å². The molecule has 0 unspecified atom stereocenters. The van der Waals surface area contributed by atoms with Crippen molar-refractivity contribution in [1.29, 1.82) is 0 Å². The number of hydrogen-bond acceptors (Lipinski definition) is 3. The van der Waals surface area contributed by atoms with Gasteiger partial charge in [-0.25, -0.2) is 4.98 Å². The van der Waals surface area contributed by atoms with Gasteiger partial charge in [-0.2, -0.15) is 0 Å². The summed E-state index contributed by atoms with van der Waals surface area (Å²) in [5.41, 5.74) is 3.09. The number of pyridine rings is 2. The molecule has 0 spiro atoms. The van der Waals surface area contributed by atoms with Crippen LogP contribution in [-0.2, 0) is 0 Å². The van der Waals surface area contributed by atoms with Crippen molar-refractivity contribution in [3.63, 3.8) is 0 Å². The highest BCUT2D eigenvalue weighted by atomic mass is 79.9. The van der Waals surface area contributed by atoms with E-state index in [0.29, 0.717) is 0 Å². The Morgan fingerprint density at radius 2 is 2.00 bits per heavy atom. The molecule has 0 aliphatic heterocycles. The molecule has 1 N–H and O–H groups in total. The third-order valence-corrected chi connectivity index (χ3v) is 3.48. The van der Waals surface area contributed by atoms with E-state index in [9.17, 15) is 0 Å². The van der Waals surface area contributed by atoms with Crippen LogP contribution in [0.4, 0.5) is 11.5 Å². The lowest BCUT2D eigenvalue weighted by Gasteiger charge is -2.10. The van der Waals surface area contributed by atoms with Gasteiger partial charge in [0.25, 0.3) is 0 Å². The average Bonchev–Trinajstić information content (AvgIpc) is 2.42. The van der Waals surface area contributed by atoms with Crippen molar-refractivity contribution >= 4 is 38.3 Å². The van der Waals surface area contributed by atoms with Crippen LogP contribution in [0.1, 0.15) is 5.56 Å². The second-order valence-electron chi connectivity index (χ2n) is 4.34. The van der Waals surface area contributed by atoms with Gasteiger partial charge in [0.1, 0.15) is 5.82 Å². The smallest absolute Gasteiger partial charge is 0.144 e. The van der Waals surface area contributed by atoms with Crippen molar-refractivity contribution < 1.29 is 0 Å². The SMILES string of the molecule is Cc1cnc(Nc2cccc3ncccc23)c(Br)c1. The zero-order chi connectivity index (χ0) is 13.2. The summed E-state index contributed by atoms with van der Waals surface area (Å²) in [6.45, 7) is 2.02. The van der Waals surface area contributed by atoms with Crippen LogP contribution in [0.3, 0.4) is 0 Å². The van der Waals surface area contributed by atoms with Crippen molar-refractivity contribution in [3.05, 3.63) is 58.8 Å². The van der Waals surface area contributed by atoms with Crippen LogP contribution < -0.4 is 5.32 Å². The molecule has 0 fully saturated rings. The molecule has 2 aromatic heterocycles. The summed E-state index contributed by atoms with van der Waals surface area (Å²) in [5.74, 6) is 0.807. The van der Waals surface area contributed by atoms with Gasteiger partial charge in [0, 0.05) is 23.5 Å². The van der Waals surface area contributed by atoms with E-state index in [1.807, 2.05) is 49.5 Å². The van der Waals surface area contributed by atoms with Crippen LogP contribution in [0.25, 0.3) is 10.9 Å². The molecule has 94 valence electrons. The second-order valence-corrected chi connectivity index (χ2v) is 5.20.